The summed E-state index contributed by atoms with van der Waals surface area (Å²) in [5.41, 5.74) is 2.33. The summed E-state index contributed by atoms with van der Waals surface area (Å²) < 4.78 is 7.12. The van der Waals surface area contributed by atoms with Crippen molar-refractivity contribution in [3.05, 3.63) is 84.9 Å². The maximum atomic E-state index is 7.12. The van der Waals surface area contributed by atoms with E-state index in [1.807, 2.05) is 0 Å². The highest BCUT2D eigenvalue weighted by Crippen LogP contribution is 2.37. The molecule has 0 spiro atoms. The number of rotatable bonds is 5. The van der Waals surface area contributed by atoms with Crippen LogP contribution < -0.4 is 21.0 Å². The molecule has 1 aliphatic rings. The van der Waals surface area contributed by atoms with Crippen molar-refractivity contribution in [2.45, 2.75) is 38.3 Å². The van der Waals surface area contributed by atoms with Crippen LogP contribution in [0, 0.1) is 0 Å². The minimum Gasteiger partial charge on any atom is -0.405 e. The Hall–Kier alpha value is -2.56. The van der Waals surface area contributed by atoms with Crippen molar-refractivity contribution in [2.24, 2.45) is 0 Å². The first-order chi connectivity index (χ1) is 14.5. The molecular formula is C26H32N2OSi. The molecule has 1 atom stereocenters. The third kappa shape index (κ3) is 4.02. The molecule has 30 heavy (non-hydrogen) atoms. The molecule has 0 fully saturated rings. The van der Waals surface area contributed by atoms with Crippen LogP contribution >= 0.6 is 0 Å². The van der Waals surface area contributed by atoms with Gasteiger partial charge in [-0.15, -0.1) is 0 Å². The largest absolute Gasteiger partial charge is 0.405 e. The number of hydrogen-bond acceptors (Lipinski definition) is 3. The molecular weight excluding hydrogens is 384 g/mol. The van der Waals surface area contributed by atoms with E-state index in [1.54, 1.807) is 0 Å². The van der Waals surface area contributed by atoms with Crippen LogP contribution in [0.5, 0.6) is 0 Å². The molecule has 4 rings (SSSR count). The second-order valence-electron chi connectivity index (χ2n) is 9.08. The normalized spacial score (nSPS) is 16.7. The maximum Gasteiger partial charge on any atom is 0.261 e. The fourth-order valence-corrected chi connectivity index (χ4v) is 9.16. The molecule has 0 aliphatic carbocycles. The lowest BCUT2D eigenvalue weighted by Gasteiger charge is -2.43. The van der Waals surface area contributed by atoms with Gasteiger partial charge < -0.3 is 15.1 Å². The zero-order valence-corrected chi connectivity index (χ0v) is 19.2. The lowest BCUT2D eigenvalue weighted by molar-refractivity contribution is 0.276. The third-order valence-electron chi connectivity index (χ3n) is 6.01. The van der Waals surface area contributed by atoms with Gasteiger partial charge in [-0.05, 0) is 34.0 Å². The number of anilines is 2. The van der Waals surface area contributed by atoms with Crippen LogP contribution in [0.25, 0.3) is 0 Å². The van der Waals surface area contributed by atoms with Crippen LogP contribution in [0.15, 0.2) is 84.9 Å². The molecule has 3 aromatic rings. The number of para-hydroxylation sites is 2. The summed E-state index contributed by atoms with van der Waals surface area (Å²) >= 11 is 0. The molecule has 3 aromatic carbocycles. The van der Waals surface area contributed by atoms with Gasteiger partial charge >= 0.3 is 0 Å². The van der Waals surface area contributed by atoms with Crippen molar-refractivity contribution < 1.29 is 4.43 Å². The minimum atomic E-state index is -2.50. The lowest BCUT2D eigenvalue weighted by Crippen LogP contribution is -2.67. The molecule has 1 unspecified atom stereocenters. The Bertz CT molecular complexity index is 914. The standard InChI is InChI=1S/C26H32N2OSi/c1-26(2,3)30(22-12-6-4-7-13-22,23-14-8-5-9-15-23)29-20-21-18-19-27-24-16-10-11-17-25(24)28-21/h4-17,21,27-28H,18-20H2,1-3H3. The first-order valence-corrected chi connectivity index (χ1v) is 12.8. The quantitative estimate of drug-likeness (QED) is 0.583. The molecule has 0 saturated heterocycles. The van der Waals surface area contributed by atoms with Gasteiger partial charge in [0.2, 0.25) is 0 Å². The first-order valence-electron chi connectivity index (χ1n) is 10.9. The summed E-state index contributed by atoms with van der Waals surface area (Å²) in [5.74, 6) is 0. The summed E-state index contributed by atoms with van der Waals surface area (Å²) in [7, 11) is -2.50. The van der Waals surface area contributed by atoms with E-state index in [0.717, 1.165) is 18.7 Å². The lowest BCUT2D eigenvalue weighted by atomic mass is 10.2. The topological polar surface area (TPSA) is 33.3 Å². The molecule has 0 radical (unpaired) electrons. The molecule has 4 heteroatoms. The SMILES string of the molecule is CC(C)(C)[Si](OCC1CCNc2ccccc2N1)(c1ccccc1)c1ccccc1. The summed E-state index contributed by atoms with van der Waals surface area (Å²) in [5, 5.41) is 9.92. The molecule has 0 amide bonds. The molecule has 0 saturated carbocycles. The highest BCUT2D eigenvalue weighted by Gasteiger charge is 2.50. The van der Waals surface area contributed by atoms with Crippen LogP contribution in [0.3, 0.4) is 0 Å². The van der Waals surface area contributed by atoms with Gasteiger partial charge in [0.1, 0.15) is 0 Å². The molecule has 1 aliphatic heterocycles. The molecule has 1 heterocycles. The van der Waals surface area contributed by atoms with Gasteiger partial charge in [-0.3, -0.25) is 0 Å². The summed E-state index contributed by atoms with van der Waals surface area (Å²) in [6, 6.07) is 30.4. The highest BCUT2D eigenvalue weighted by atomic mass is 28.4. The fraction of sp³-hybridized carbons (Fsp3) is 0.308. The molecule has 0 bridgehead atoms. The van der Waals surface area contributed by atoms with Gasteiger partial charge in [0.05, 0.1) is 18.0 Å². The van der Waals surface area contributed by atoms with E-state index in [-0.39, 0.29) is 11.1 Å². The Morgan fingerprint density at radius 1 is 0.800 bits per heavy atom. The number of benzene rings is 3. The Morgan fingerprint density at radius 2 is 1.33 bits per heavy atom. The minimum absolute atomic E-state index is 0.00338. The Kier molecular flexibility index (Phi) is 5.98. The number of nitrogens with one attached hydrogen (secondary N) is 2. The maximum absolute atomic E-state index is 7.12. The van der Waals surface area contributed by atoms with Crippen molar-refractivity contribution in [2.75, 3.05) is 23.8 Å². The summed E-state index contributed by atoms with van der Waals surface area (Å²) in [4.78, 5) is 0. The zero-order chi connectivity index (χ0) is 21.0. The fourth-order valence-electron chi connectivity index (χ4n) is 4.55. The molecule has 156 valence electrons. The Morgan fingerprint density at radius 3 is 1.90 bits per heavy atom. The average Bonchev–Trinajstić information content (AvgIpc) is 2.97. The van der Waals surface area contributed by atoms with Gasteiger partial charge in [-0.2, -0.15) is 0 Å². The predicted molar refractivity (Wildman–Crippen MR) is 131 cm³/mol. The summed E-state index contributed by atoms with van der Waals surface area (Å²) in [6.45, 7) is 8.62. The van der Waals surface area contributed by atoms with Crippen LogP contribution in [-0.4, -0.2) is 27.5 Å². The van der Waals surface area contributed by atoms with Gasteiger partial charge in [0, 0.05) is 12.6 Å². The van der Waals surface area contributed by atoms with Crippen molar-refractivity contribution in [3.8, 4) is 0 Å². The van der Waals surface area contributed by atoms with Gasteiger partial charge in [0.15, 0.2) is 0 Å². The van der Waals surface area contributed by atoms with E-state index in [9.17, 15) is 0 Å². The Labute approximate surface area is 181 Å². The van der Waals surface area contributed by atoms with E-state index < -0.39 is 8.32 Å². The second kappa shape index (κ2) is 8.66. The molecule has 0 aromatic heterocycles. The van der Waals surface area contributed by atoms with Crippen molar-refractivity contribution >= 4 is 30.1 Å². The van der Waals surface area contributed by atoms with E-state index in [0.29, 0.717) is 6.61 Å². The van der Waals surface area contributed by atoms with Crippen LogP contribution in [0.1, 0.15) is 27.2 Å². The number of fused-ring (bicyclic) bond motifs is 1. The van der Waals surface area contributed by atoms with Crippen molar-refractivity contribution in [1.29, 1.82) is 0 Å². The zero-order valence-electron chi connectivity index (χ0n) is 18.2. The smallest absolute Gasteiger partial charge is 0.261 e. The van der Waals surface area contributed by atoms with Crippen molar-refractivity contribution in [3.63, 3.8) is 0 Å². The van der Waals surface area contributed by atoms with Crippen LogP contribution in [-0.2, 0) is 4.43 Å². The summed E-state index contributed by atoms with van der Waals surface area (Å²) in [6.07, 6.45) is 1.02. The first kappa shape index (κ1) is 20.7. The molecule has 2 N–H and O–H groups in total. The van der Waals surface area contributed by atoms with E-state index in [4.69, 9.17) is 4.43 Å². The predicted octanol–water partition coefficient (Wildman–Crippen LogP) is 4.86. The highest BCUT2D eigenvalue weighted by molar-refractivity contribution is 6.99. The average molecular weight is 417 g/mol. The van der Waals surface area contributed by atoms with Crippen LogP contribution in [0.4, 0.5) is 11.4 Å². The van der Waals surface area contributed by atoms with Gasteiger partial charge in [-0.25, -0.2) is 0 Å². The molecule has 3 nitrogen and oxygen atoms in total. The van der Waals surface area contributed by atoms with Crippen molar-refractivity contribution in [1.82, 2.24) is 0 Å². The second-order valence-corrected chi connectivity index (χ2v) is 13.4. The van der Waals surface area contributed by atoms with Crippen LogP contribution in [0.2, 0.25) is 5.04 Å². The number of hydrogen-bond donors (Lipinski definition) is 2. The van der Waals surface area contributed by atoms with Gasteiger partial charge in [0.25, 0.3) is 8.32 Å². The monoisotopic (exact) mass is 416 g/mol. The van der Waals surface area contributed by atoms with Gasteiger partial charge in [-0.1, -0.05) is 93.6 Å². The third-order valence-corrected chi connectivity index (χ3v) is 11.0. The van der Waals surface area contributed by atoms with E-state index in [2.05, 4.69) is 116 Å². The Balaban J connectivity index is 1.69. The van der Waals surface area contributed by atoms with E-state index >= 15 is 0 Å². The van der Waals surface area contributed by atoms with E-state index in [1.165, 1.54) is 16.1 Å².